The van der Waals surface area contributed by atoms with Gasteiger partial charge in [-0.15, -0.1) is 0 Å². The van der Waals surface area contributed by atoms with Crippen molar-refractivity contribution in [2.75, 3.05) is 5.32 Å². The normalized spacial score (nSPS) is 10.6. The maximum absolute atomic E-state index is 13.4. The second kappa shape index (κ2) is 5.48. The molecule has 0 atom stereocenters. The number of benzene rings is 2. The molecular weight excluding hydrogens is 282 g/mol. The van der Waals surface area contributed by atoms with Gasteiger partial charge in [-0.05, 0) is 35.9 Å². The molecule has 0 saturated heterocycles. The molecule has 0 spiro atoms. The van der Waals surface area contributed by atoms with Crippen LogP contribution in [0.1, 0.15) is 5.56 Å². The molecule has 1 nitrogen and oxygen atoms in total. The molecule has 6 heteroatoms. The lowest BCUT2D eigenvalue weighted by atomic mass is 10.2. The zero-order valence-corrected chi connectivity index (χ0v) is 10.2. The summed E-state index contributed by atoms with van der Waals surface area (Å²) in [6.45, 7) is -0.0489. The Labute approximate surface area is 111 Å². The molecule has 0 radical (unpaired) electrons. The lowest BCUT2D eigenvalue weighted by molar-refractivity contribution is 0.445. The third-order valence-corrected chi connectivity index (χ3v) is 2.69. The Morgan fingerprint density at radius 3 is 2.11 bits per heavy atom. The number of rotatable bonds is 3. The molecule has 1 N–H and O–H groups in total. The summed E-state index contributed by atoms with van der Waals surface area (Å²) in [7, 11) is 0. The van der Waals surface area contributed by atoms with Gasteiger partial charge >= 0.3 is 0 Å². The fraction of sp³-hybridized carbons (Fsp3) is 0.0769. The summed E-state index contributed by atoms with van der Waals surface area (Å²) in [6, 6.07) is 5.67. The first-order chi connectivity index (χ1) is 8.97. The Bertz CT molecular complexity index is 593. The molecule has 0 heterocycles. The fourth-order valence-electron chi connectivity index (χ4n) is 1.54. The van der Waals surface area contributed by atoms with Crippen LogP contribution in [0, 0.1) is 23.3 Å². The highest BCUT2D eigenvalue weighted by Gasteiger charge is 2.10. The van der Waals surface area contributed by atoms with E-state index in [1.54, 1.807) is 0 Å². The van der Waals surface area contributed by atoms with Gasteiger partial charge in [-0.25, -0.2) is 17.6 Å². The van der Waals surface area contributed by atoms with Crippen molar-refractivity contribution in [3.05, 3.63) is 64.2 Å². The maximum Gasteiger partial charge on any atom is 0.194 e. The highest BCUT2D eigenvalue weighted by Crippen LogP contribution is 2.20. The first-order valence-electron chi connectivity index (χ1n) is 5.29. The van der Waals surface area contributed by atoms with Gasteiger partial charge in [0.25, 0.3) is 0 Å². The van der Waals surface area contributed by atoms with Gasteiger partial charge in [0.15, 0.2) is 17.5 Å². The van der Waals surface area contributed by atoms with E-state index < -0.39 is 23.3 Å². The van der Waals surface area contributed by atoms with E-state index in [1.807, 2.05) is 0 Å². The van der Waals surface area contributed by atoms with E-state index in [0.29, 0.717) is 0 Å². The van der Waals surface area contributed by atoms with E-state index in [2.05, 4.69) is 5.32 Å². The Hall–Kier alpha value is -1.75. The fourth-order valence-corrected chi connectivity index (χ4v) is 1.70. The summed E-state index contributed by atoms with van der Waals surface area (Å²) in [5, 5.41) is 2.88. The smallest absolute Gasteiger partial charge is 0.194 e. The highest BCUT2D eigenvalue weighted by molar-refractivity contribution is 6.30. The molecular formula is C13H8ClF4N. The van der Waals surface area contributed by atoms with Crippen LogP contribution < -0.4 is 5.32 Å². The molecule has 2 aromatic rings. The van der Waals surface area contributed by atoms with Crippen molar-refractivity contribution in [2.45, 2.75) is 6.54 Å². The van der Waals surface area contributed by atoms with Crippen LogP contribution in [0.2, 0.25) is 5.02 Å². The van der Waals surface area contributed by atoms with Crippen LogP contribution in [0.5, 0.6) is 0 Å². The van der Waals surface area contributed by atoms with E-state index >= 15 is 0 Å². The molecule has 0 unspecified atom stereocenters. The van der Waals surface area contributed by atoms with Crippen molar-refractivity contribution in [2.24, 2.45) is 0 Å². The zero-order valence-electron chi connectivity index (χ0n) is 9.48. The van der Waals surface area contributed by atoms with Crippen LogP contribution in [0.4, 0.5) is 23.2 Å². The maximum atomic E-state index is 13.4. The first-order valence-corrected chi connectivity index (χ1v) is 5.67. The predicted molar refractivity (Wildman–Crippen MR) is 65.1 cm³/mol. The molecule has 0 aliphatic rings. The average Bonchev–Trinajstić information content (AvgIpc) is 2.34. The summed E-state index contributed by atoms with van der Waals surface area (Å²) < 4.78 is 52.1. The van der Waals surface area contributed by atoms with E-state index in [0.717, 1.165) is 18.2 Å². The van der Waals surface area contributed by atoms with Gasteiger partial charge in [-0.3, -0.25) is 0 Å². The minimum absolute atomic E-state index is 0.0489. The Morgan fingerprint density at radius 2 is 1.53 bits per heavy atom. The standard InChI is InChI=1S/C13H8ClF4N/c14-8-1-2-12(9(15)5-8)19-6-7-3-10(16)13(18)11(17)4-7/h1-5,19H,6H2. The molecule has 0 saturated carbocycles. The second-order valence-electron chi connectivity index (χ2n) is 3.85. The summed E-state index contributed by atoms with van der Waals surface area (Å²) in [6.07, 6.45) is 0. The number of hydrogen-bond acceptors (Lipinski definition) is 1. The van der Waals surface area contributed by atoms with Gasteiger partial charge in [0.1, 0.15) is 5.82 Å². The van der Waals surface area contributed by atoms with Crippen LogP contribution in [-0.2, 0) is 6.54 Å². The molecule has 19 heavy (non-hydrogen) atoms. The van der Waals surface area contributed by atoms with Crippen LogP contribution >= 0.6 is 11.6 Å². The monoisotopic (exact) mass is 289 g/mol. The first kappa shape index (κ1) is 13.7. The summed E-state index contributed by atoms with van der Waals surface area (Å²) >= 11 is 5.58. The molecule has 0 aliphatic heterocycles. The molecule has 100 valence electrons. The Morgan fingerprint density at radius 1 is 0.895 bits per heavy atom. The molecule has 0 bridgehead atoms. The van der Waals surface area contributed by atoms with Gasteiger partial charge in [-0.2, -0.15) is 0 Å². The van der Waals surface area contributed by atoms with Gasteiger partial charge in [0.2, 0.25) is 0 Å². The van der Waals surface area contributed by atoms with Gasteiger partial charge in [-0.1, -0.05) is 11.6 Å². The minimum Gasteiger partial charge on any atom is -0.379 e. The van der Waals surface area contributed by atoms with Crippen molar-refractivity contribution in [3.8, 4) is 0 Å². The molecule has 0 aliphatic carbocycles. The quantitative estimate of drug-likeness (QED) is 0.647. The predicted octanol–water partition coefficient (Wildman–Crippen LogP) is 4.51. The number of halogens is 5. The van der Waals surface area contributed by atoms with Crippen molar-refractivity contribution < 1.29 is 17.6 Å². The lowest BCUT2D eigenvalue weighted by Gasteiger charge is -2.08. The number of nitrogens with one attached hydrogen (secondary N) is 1. The Kier molecular flexibility index (Phi) is 3.95. The molecule has 0 amide bonds. The van der Waals surface area contributed by atoms with Gasteiger partial charge in [0.05, 0.1) is 5.69 Å². The molecule has 0 aromatic heterocycles. The average molecular weight is 290 g/mol. The van der Waals surface area contributed by atoms with E-state index in [9.17, 15) is 17.6 Å². The molecule has 0 fully saturated rings. The SMILES string of the molecule is Fc1cc(Cl)ccc1NCc1cc(F)c(F)c(F)c1. The third-order valence-electron chi connectivity index (χ3n) is 2.46. The van der Waals surface area contributed by atoms with Crippen molar-refractivity contribution in [3.63, 3.8) is 0 Å². The van der Waals surface area contributed by atoms with Crippen LogP contribution in [0.25, 0.3) is 0 Å². The zero-order chi connectivity index (χ0) is 14.0. The molecule has 2 rings (SSSR count). The van der Waals surface area contributed by atoms with E-state index in [1.165, 1.54) is 12.1 Å². The number of anilines is 1. The minimum atomic E-state index is -1.53. The topological polar surface area (TPSA) is 12.0 Å². The summed E-state index contributed by atoms with van der Waals surface area (Å²) in [5.74, 6) is -4.68. The largest absolute Gasteiger partial charge is 0.379 e. The van der Waals surface area contributed by atoms with E-state index in [4.69, 9.17) is 11.6 Å². The summed E-state index contributed by atoms with van der Waals surface area (Å²) in [5.41, 5.74) is 0.292. The second-order valence-corrected chi connectivity index (χ2v) is 4.29. The van der Waals surface area contributed by atoms with E-state index in [-0.39, 0.29) is 22.8 Å². The van der Waals surface area contributed by atoms with Crippen molar-refractivity contribution >= 4 is 17.3 Å². The van der Waals surface area contributed by atoms with Crippen LogP contribution in [0.3, 0.4) is 0 Å². The molecule has 2 aromatic carbocycles. The van der Waals surface area contributed by atoms with Crippen LogP contribution in [0.15, 0.2) is 30.3 Å². The van der Waals surface area contributed by atoms with Crippen molar-refractivity contribution in [1.29, 1.82) is 0 Å². The van der Waals surface area contributed by atoms with Crippen molar-refractivity contribution in [1.82, 2.24) is 0 Å². The van der Waals surface area contributed by atoms with Gasteiger partial charge < -0.3 is 5.32 Å². The lowest BCUT2D eigenvalue weighted by Crippen LogP contribution is -2.03. The number of hydrogen-bond donors (Lipinski definition) is 1. The summed E-state index contributed by atoms with van der Waals surface area (Å²) in [4.78, 5) is 0. The Balaban J connectivity index is 2.14. The third kappa shape index (κ3) is 3.17. The van der Waals surface area contributed by atoms with Gasteiger partial charge in [0, 0.05) is 11.6 Å². The highest BCUT2D eigenvalue weighted by atomic mass is 35.5. The van der Waals surface area contributed by atoms with Crippen LogP contribution in [-0.4, -0.2) is 0 Å².